The van der Waals surface area contributed by atoms with Gasteiger partial charge in [-0.05, 0) is 19.8 Å². The van der Waals surface area contributed by atoms with Gasteiger partial charge in [-0.2, -0.15) is 0 Å². The van der Waals surface area contributed by atoms with Crippen molar-refractivity contribution in [3.8, 4) is 0 Å². The average molecular weight is 191 g/mol. The van der Waals surface area contributed by atoms with Crippen molar-refractivity contribution < 1.29 is 9.84 Å². The molecule has 0 aliphatic heterocycles. The van der Waals surface area contributed by atoms with Gasteiger partial charge in [0.2, 0.25) is 0 Å². The summed E-state index contributed by atoms with van der Waals surface area (Å²) in [6.07, 6.45) is 2.06. The molecule has 0 aliphatic rings. The van der Waals surface area contributed by atoms with Crippen LogP contribution >= 0.6 is 12.2 Å². The molecule has 2 N–H and O–H groups in total. The molecule has 0 rings (SSSR count). The van der Waals surface area contributed by atoms with Crippen molar-refractivity contribution in [3.63, 3.8) is 0 Å². The van der Waals surface area contributed by atoms with E-state index in [0.717, 1.165) is 31.0 Å². The predicted octanol–water partition coefficient (Wildman–Crippen LogP) is 0.712. The molecule has 0 unspecified atom stereocenters. The van der Waals surface area contributed by atoms with Gasteiger partial charge in [-0.3, -0.25) is 0 Å². The highest BCUT2D eigenvalue weighted by atomic mass is 32.1. The topological polar surface area (TPSA) is 41.5 Å². The lowest BCUT2D eigenvalue weighted by atomic mass is 10.3. The van der Waals surface area contributed by atoms with E-state index in [9.17, 15) is 0 Å². The Hall–Kier alpha value is -0.190. The maximum absolute atomic E-state index is 8.39. The molecule has 0 atom stereocenters. The first kappa shape index (κ1) is 11.8. The van der Waals surface area contributed by atoms with E-state index in [1.807, 2.05) is 6.92 Å². The third kappa shape index (κ3) is 9.81. The highest BCUT2D eigenvalue weighted by molar-refractivity contribution is 7.80. The number of aliphatic hydroxyl groups excluding tert-OH is 1. The van der Waals surface area contributed by atoms with Crippen LogP contribution in [0.1, 0.15) is 19.8 Å². The molecule has 0 heterocycles. The molecule has 0 aromatic rings. The van der Waals surface area contributed by atoms with E-state index < -0.39 is 0 Å². The Labute approximate surface area is 79.1 Å². The van der Waals surface area contributed by atoms with Crippen molar-refractivity contribution in [2.75, 3.05) is 26.4 Å². The van der Waals surface area contributed by atoms with Crippen LogP contribution in [0.3, 0.4) is 0 Å². The number of hydrogen-bond donors (Lipinski definition) is 2. The minimum absolute atomic E-state index is 0.108. The first-order valence-corrected chi connectivity index (χ1v) is 4.61. The first-order chi connectivity index (χ1) is 5.77. The van der Waals surface area contributed by atoms with Gasteiger partial charge < -0.3 is 15.2 Å². The Kier molecular flexibility index (Phi) is 8.76. The second-order valence-electron chi connectivity index (χ2n) is 2.53. The summed E-state index contributed by atoms with van der Waals surface area (Å²) in [5, 5.41) is 11.5. The van der Waals surface area contributed by atoms with Gasteiger partial charge in [0.25, 0.3) is 0 Å². The zero-order valence-electron chi connectivity index (χ0n) is 7.51. The molecule has 0 spiro atoms. The molecule has 0 aromatic carbocycles. The number of rotatable bonds is 7. The normalized spacial score (nSPS) is 9.83. The molecule has 0 aliphatic carbocycles. The van der Waals surface area contributed by atoms with Crippen LogP contribution in [-0.4, -0.2) is 36.5 Å². The minimum atomic E-state index is 0.108. The third-order valence-electron chi connectivity index (χ3n) is 1.33. The van der Waals surface area contributed by atoms with Crippen LogP contribution in [0.15, 0.2) is 0 Å². The largest absolute Gasteiger partial charge is 0.394 e. The van der Waals surface area contributed by atoms with Crippen molar-refractivity contribution in [2.45, 2.75) is 19.8 Å². The smallest absolute Gasteiger partial charge is 0.0721 e. The van der Waals surface area contributed by atoms with Crippen molar-refractivity contribution in [1.29, 1.82) is 0 Å². The van der Waals surface area contributed by atoms with Gasteiger partial charge in [0.05, 0.1) is 18.2 Å². The molecule has 4 heteroatoms. The lowest BCUT2D eigenvalue weighted by molar-refractivity contribution is 0.0900. The summed E-state index contributed by atoms with van der Waals surface area (Å²) >= 11 is 4.84. The molecule has 3 nitrogen and oxygen atoms in total. The molecule has 0 aromatic heterocycles. The van der Waals surface area contributed by atoms with Crippen LogP contribution in [0.4, 0.5) is 0 Å². The molecule has 0 saturated carbocycles. The number of hydrogen-bond acceptors (Lipinski definition) is 3. The molecule has 0 saturated heterocycles. The quantitative estimate of drug-likeness (QED) is 0.459. The van der Waals surface area contributed by atoms with E-state index in [4.69, 9.17) is 22.1 Å². The Morgan fingerprint density at radius 3 is 2.75 bits per heavy atom. The van der Waals surface area contributed by atoms with E-state index in [-0.39, 0.29) is 6.61 Å². The second-order valence-corrected chi connectivity index (χ2v) is 3.14. The van der Waals surface area contributed by atoms with Gasteiger partial charge >= 0.3 is 0 Å². The third-order valence-corrected chi connectivity index (χ3v) is 1.47. The maximum Gasteiger partial charge on any atom is 0.0721 e. The SMILES string of the molecule is CC(=S)NCCCCOCCO. The fraction of sp³-hybridized carbons (Fsp3) is 0.875. The van der Waals surface area contributed by atoms with Crippen LogP contribution < -0.4 is 5.32 Å². The number of thiocarbonyl (C=S) groups is 1. The summed E-state index contributed by atoms with van der Waals surface area (Å²) in [6, 6.07) is 0. The molecule has 0 bridgehead atoms. The van der Waals surface area contributed by atoms with E-state index >= 15 is 0 Å². The van der Waals surface area contributed by atoms with Crippen LogP contribution in [0.2, 0.25) is 0 Å². The summed E-state index contributed by atoms with van der Waals surface area (Å²) in [7, 11) is 0. The van der Waals surface area contributed by atoms with E-state index in [1.165, 1.54) is 0 Å². The van der Waals surface area contributed by atoms with E-state index in [0.29, 0.717) is 6.61 Å². The van der Waals surface area contributed by atoms with Crippen LogP contribution in [-0.2, 0) is 4.74 Å². The maximum atomic E-state index is 8.39. The molecule has 0 radical (unpaired) electrons. The van der Waals surface area contributed by atoms with Gasteiger partial charge in [-0.25, -0.2) is 0 Å². The van der Waals surface area contributed by atoms with E-state index in [1.54, 1.807) is 0 Å². The lowest BCUT2D eigenvalue weighted by Gasteiger charge is -2.03. The van der Waals surface area contributed by atoms with Crippen LogP contribution in [0.25, 0.3) is 0 Å². The molecular weight excluding hydrogens is 174 g/mol. The number of unbranched alkanes of at least 4 members (excludes halogenated alkanes) is 1. The molecule has 72 valence electrons. The second kappa shape index (κ2) is 8.90. The number of ether oxygens (including phenoxy) is 1. The standard InChI is InChI=1S/C8H17NO2S/c1-8(12)9-4-2-3-6-11-7-5-10/h10H,2-7H2,1H3,(H,9,12). The van der Waals surface area contributed by atoms with Gasteiger partial charge in [-0.15, -0.1) is 0 Å². The highest BCUT2D eigenvalue weighted by Gasteiger charge is 1.89. The lowest BCUT2D eigenvalue weighted by Crippen LogP contribution is -2.19. The predicted molar refractivity (Wildman–Crippen MR) is 53.4 cm³/mol. The van der Waals surface area contributed by atoms with Crippen LogP contribution in [0.5, 0.6) is 0 Å². The van der Waals surface area contributed by atoms with Gasteiger partial charge in [-0.1, -0.05) is 12.2 Å². The van der Waals surface area contributed by atoms with Crippen molar-refractivity contribution in [3.05, 3.63) is 0 Å². The Balaban J connectivity index is 2.86. The fourth-order valence-corrected chi connectivity index (χ4v) is 0.862. The summed E-state index contributed by atoms with van der Waals surface area (Å²) in [6.45, 7) is 4.06. The number of nitrogens with one attached hydrogen (secondary N) is 1. The van der Waals surface area contributed by atoms with Gasteiger partial charge in [0.15, 0.2) is 0 Å². The van der Waals surface area contributed by atoms with Crippen LogP contribution in [0, 0.1) is 0 Å². The highest BCUT2D eigenvalue weighted by Crippen LogP contribution is 1.88. The fourth-order valence-electron chi connectivity index (χ4n) is 0.760. The Morgan fingerprint density at radius 1 is 1.42 bits per heavy atom. The molecule has 0 fully saturated rings. The Bertz CT molecular complexity index is 120. The summed E-state index contributed by atoms with van der Waals surface area (Å²) < 4.78 is 5.08. The minimum Gasteiger partial charge on any atom is -0.394 e. The molecule has 0 amide bonds. The van der Waals surface area contributed by atoms with E-state index in [2.05, 4.69) is 5.32 Å². The molecule has 12 heavy (non-hydrogen) atoms. The van der Waals surface area contributed by atoms with Crippen molar-refractivity contribution >= 4 is 17.2 Å². The number of aliphatic hydroxyl groups is 1. The summed E-state index contributed by atoms with van der Waals surface area (Å²) in [5.74, 6) is 0. The first-order valence-electron chi connectivity index (χ1n) is 4.20. The van der Waals surface area contributed by atoms with Gasteiger partial charge in [0, 0.05) is 13.2 Å². The molecular formula is C8H17NO2S. The van der Waals surface area contributed by atoms with Crippen molar-refractivity contribution in [1.82, 2.24) is 5.32 Å². The zero-order chi connectivity index (χ0) is 9.23. The summed E-state index contributed by atoms with van der Waals surface area (Å²) in [4.78, 5) is 0.839. The summed E-state index contributed by atoms with van der Waals surface area (Å²) in [5.41, 5.74) is 0. The monoisotopic (exact) mass is 191 g/mol. The average Bonchev–Trinajstić information content (AvgIpc) is 2.02. The van der Waals surface area contributed by atoms with Crippen molar-refractivity contribution in [2.24, 2.45) is 0 Å². The Morgan fingerprint density at radius 2 is 2.17 bits per heavy atom. The zero-order valence-corrected chi connectivity index (χ0v) is 8.32. The van der Waals surface area contributed by atoms with Gasteiger partial charge in [0.1, 0.15) is 0 Å².